The van der Waals surface area contributed by atoms with Crippen LogP contribution in [0.1, 0.15) is 12.8 Å². The Morgan fingerprint density at radius 1 is 1.47 bits per heavy atom. The molecule has 1 aromatic carbocycles. The van der Waals surface area contributed by atoms with Crippen LogP contribution in [0.3, 0.4) is 0 Å². The van der Waals surface area contributed by atoms with E-state index in [4.69, 9.17) is 10.5 Å². The summed E-state index contributed by atoms with van der Waals surface area (Å²) in [5.41, 5.74) is 7.94. The molecule has 0 atom stereocenters. The lowest BCUT2D eigenvalue weighted by Crippen LogP contribution is -2.41. The second-order valence-electron chi connectivity index (χ2n) is 4.27. The van der Waals surface area contributed by atoms with Crippen LogP contribution < -0.4 is 10.5 Å². The molecule has 0 aliphatic heterocycles. The summed E-state index contributed by atoms with van der Waals surface area (Å²) in [6.45, 7) is 0. The number of fused-ring (bicyclic) bond motifs is 1. The highest BCUT2D eigenvalue weighted by atomic mass is 32.1. The molecule has 17 heavy (non-hydrogen) atoms. The lowest BCUT2D eigenvalue weighted by Gasteiger charge is -2.33. The number of amides is 1. The van der Waals surface area contributed by atoms with Gasteiger partial charge in [0.1, 0.15) is 17.4 Å². The van der Waals surface area contributed by atoms with Gasteiger partial charge in [0.05, 0.1) is 10.2 Å². The Morgan fingerprint density at radius 3 is 3.06 bits per heavy atom. The molecule has 1 amide bonds. The van der Waals surface area contributed by atoms with Crippen molar-refractivity contribution in [2.24, 2.45) is 11.7 Å². The van der Waals surface area contributed by atoms with Gasteiger partial charge in [0.15, 0.2) is 0 Å². The van der Waals surface area contributed by atoms with Gasteiger partial charge in [0, 0.05) is 5.92 Å². The number of benzene rings is 1. The molecule has 0 bridgehead atoms. The average Bonchev–Trinajstić information content (AvgIpc) is 2.70. The number of hydrogen-bond acceptors (Lipinski definition) is 4. The van der Waals surface area contributed by atoms with Crippen LogP contribution in [0.25, 0.3) is 10.2 Å². The second-order valence-corrected chi connectivity index (χ2v) is 5.15. The van der Waals surface area contributed by atoms with Crippen molar-refractivity contribution in [2.75, 3.05) is 0 Å². The highest BCUT2D eigenvalue weighted by Crippen LogP contribution is 2.34. The van der Waals surface area contributed by atoms with Gasteiger partial charge in [-0.05, 0) is 25.0 Å². The zero-order chi connectivity index (χ0) is 11.8. The van der Waals surface area contributed by atoms with Crippen LogP contribution in [-0.4, -0.2) is 17.0 Å². The fourth-order valence-electron chi connectivity index (χ4n) is 2.03. The number of carbonyl (C=O) groups excluding carboxylic acids is 1. The van der Waals surface area contributed by atoms with Crippen molar-refractivity contribution in [3.63, 3.8) is 0 Å². The molecule has 1 aliphatic carbocycles. The average molecular weight is 248 g/mol. The maximum atomic E-state index is 10.9. The van der Waals surface area contributed by atoms with E-state index in [1.807, 2.05) is 23.7 Å². The predicted octanol–water partition coefficient (Wildman–Crippen LogP) is 1.94. The molecule has 2 aromatic rings. The van der Waals surface area contributed by atoms with Gasteiger partial charge >= 0.3 is 0 Å². The third kappa shape index (κ3) is 1.86. The fraction of sp³-hybridized carbons (Fsp3) is 0.333. The molecule has 5 heteroatoms. The van der Waals surface area contributed by atoms with Crippen molar-refractivity contribution in [3.05, 3.63) is 23.7 Å². The topological polar surface area (TPSA) is 65.2 Å². The van der Waals surface area contributed by atoms with Crippen LogP contribution in [0.5, 0.6) is 5.75 Å². The largest absolute Gasteiger partial charge is 0.488 e. The van der Waals surface area contributed by atoms with E-state index in [0.717, 1.165) is 28.8 Å². The maximum Gasteiger partial charge on any atom is 0.220 e. The van der Waals surface area contributed by atoms with Crippen LogP contribution in [0.2, 0.25) is 0 Å². The zero-order valence-electron chi connectivity index (χ0n) is 9.13. The number of nitrogens with two attached hydrogens (primary N) is 1. The molecule has 0 saturated heterocycles. The van der Waals surface area contributed by atoms with Gasteiger partial charge in [-0.15, -0.1) is 11.3 Å². The molecule has 1 fully saturated rings. The summed E-state index contributed by atoms with van der Waals surface area (Å²) >= 11 is 1.59. The minimum Gasteiger partial charge on any atom is -0.488 e. The lowest BCUT2D eigenvalue weighted by molar-refractivity contribution is -0.127. The van der Waals surface area contributed by atoms with Crippen molar-refractivity contribution < 1.29 is 9.53 Å². The van der Waals surface area contributed by atoms with Gasteiger partial charge in [-0.2, -0.15) is 0 Å². The summed E-state index contributed by atoms with van der Waals surface area (Å²) in [4.78, 5) is 15.2. The lowest BCUT2D eigenvalue weighted by atomic mass is 9.82. The molecule has 3 rings (SSSR count). The smallest absolute Gasteiger partial charge is 0.220 e. The first-order valence-corrected chi connectivity index (χ1v) is 6.40. The van der Waals surface area contributed by atoms with Crippen LogP contribution in [0.4, 0.5) is 0 Å². The van der Waals surface area contributed by atoms with E-state index in [2.05, 4.69) is 4.98 Å². The number of aromatic nitrogens is 1. The van der Waals surface area contributed by atoms with Crippen molar-refractivity contribution >= 4 is 27.5 Å². The normalized spacial score (nSPS) is 23.3. The van der Waals surface area contributed by atoms with E-state index in [9.17, 15) is 4.79 Å². The Balaban J connectivity index is 1.74. The highest BCUT2D eigenvalue weighted by Gasteiger charge is 2.35. The summed E-state index contributed by atoms with van der Waals surface area (Å²) in [6.07, 6.45) is 1.53. The van der Waals surface area contributed by atoms with E-state index < -0.39 is 0 Å². The van der Waals surface area contributed by atoms with E-state index in [1.165, 1.54) is 0 Å². The molecule has 0 radical (unpaired) electrons. The van der Waals surface area contributed by atoms with E-state index >= 15 is 0 Å². The van der Waals surface area contributed by atoms with E-state index in [0.29, 0.717) is 0 Å². The van der Waals surface area contributed by atoms with Gasteiger partial charge in [-0.25, -0.2) is 4.98 Å². The van der Waals surface area contributed by atoms with Gasteiger partial charge in [-0.3, -0.25) is 4.79 Å². The number of para-hydroxylation sites is 1. The number of ether oxygens (including phenoxy) is 1. The molecule has 0 spiro atoms. The molecular weight excluding hydrogens is 236 g/mol. The predicted molar refractivity (Wildman–Crippen MR) is 66.0 cm³/mol. The number of nitrogens with zero attached hydrogens (tertiary/aromatic N) is 1. The van der Waals surface area contributed by atoms with Crippen molar-refractivity contribution in [1.29, 1.82) is 0 Å². The summed E-state index contributed by atoms with van der Waals surface area (Å²) < 4.78 is 6.96. The van der Waals surface area contributed by atoms with E-state index in [-0.39, 0.29) is 17.9 Å². The summed E-state index contributed by atoms with van der Waals surface area (Å²) in [5, 5.41) is 0. The van der Waals surface area contributed by atoms with Crippen LogP contribution in [0.15, 0.2) is 23.7 Å². The summed E-state index contributed by atoms with van der Waals surface area (Å²) in [5.74, 6) is 0.558. The monoisotopic (exact) mass is 248 g/mol. The molecule has 1 aliphatic rings. The van der Waals surface area contributed by atoms with Gasteiger partial charge in [0.2, 0.25) is 5.91 Å². The summed E-state index contributed by atoms with van der Waals surface area (Å²) in [6, 6.07) is 5.90. The Bertz CT molecular complexity index is 560. The van der Waals surface area contributed by atoms with Crippen molar-refractivity contribution in [3.8, 4) is 5.75 Å². The first kappa shape index (κ1) is 10.5. The number of thiazole rings is 1. The molecule has 1 heterocycles. The molecule has 88 valence electrons. The minimum absolute atomic E-state index is 0.0189. The fourth-order valence-corrected chi connectivity index (χ4v) is 2.72. The van der Waals surface area contributed by atoms with Gasteiger partial charge in [0.25, 0.3) is 0 Å². The zero-order valence-corrected chi connectivity index (χ0v) is 9.94. The molecule has 1 saturated carbocycles. The Morgan fingerprint density at radius 2 is 2.29 bits per heavy atom. The van der Waals surface area contributed by atoms with Crippen molar-refractivity contribution in [1.82, 2.24) is 4.98 Å². The summed E-state index contributed by atoms with van der Waals surface area (Å²) in [7, 11) is 0. The number of primary amides is 1. The standard InChI is InChI=1S/C12H12N2O2S/c13-12(15)7-4-8(5-7)16-9-2-1-3-10-11(9)14-6-17-10/h1-3,6-8H,4-5H2,(H2,13,15). The van der Waals surface area contributed by atoms with Gasteiger partial charge in [-0.1, -0.05) is 6.07 Å². The number of carbonyl (C=O) groups is 1. The second kappa shape index (κ2) is 4.00. The maximum absolute atomic E-state index is 10.9. The Labute approximate surface area is 102 Å². The molecule has 2 N–H and O–H groups in total. The third-order valence-electron chi connectivity index (χ3n) is 3.11. The first-order chi connectivity index (χ1) is 8.24. The number of hydrogen-bond donors (Lipinski definition) is 1. The highest BCUT2D eigenvalue weighted by molar-refractivity contribution is 7.16. The van der Waals surface area contributed by atoms with Gasteiger partial charge < -0.3 is 10.5 Å². The molecule has 4 nitrogen and oxygen atoms in total. The van der Waals surface area contributed by atoms with Crippen molar-refractivity contribution in [2.45, 2.75) is 18.9 Å². The van der Waals surface area contributed by atoms with Crippen LogP contribution in [0, 0.1) is 5.92 Å². The number of rotatable bonds is 3. The minimum atomic E-state index is -0.225. The molecule has 1 aromatic heterocycles. The third-order valence-corrected chi connectivity index (χ3v) is 3.91. The first-order valence-electron chi connectivity index (χ1n) is 5.52. The van der Waals surface area contributed by atoms with Crippen LogP contribution in [-0.2, 0) is 4.79 Å². The molecular formula is C12H12N2O2S. The van der Waals surface area contributed by atoms with Crippen LogP contribution >= 0.6 is 11.3 Å². The Kier molecular flexibility index (Phi) is 2.48. The quantitative estimate of drug-likeness (QED) is 0.902. The SMILES string of the molecule is NC(=O)C1CC(Oc2cccc3scnc23)C1. The Hall–Kier alpha value is -1.62. The van der Waals surface area contributed by atoms with E-state index in [1.54, 1.807) is 11.3 Å². The molecule has 0 unspecified atom stereocenters.